The molecule has 3 aromatic rings. The Kier molecular flexibility index (Phi) is 4.30. The normalized spacial score (nSPS) is 10.4. The molecule has 0 amide bonds. The molecule has 22 heavy (non-hydrogen) atoms. The molecule has 0 radical (unpaired) electrons. The van der Waals surface area contributed by atoms with Crippen molar-refractivity contribution in [1.29, 1.82) is 0 Å². The smallest absolute Gasteiger partial charge is 0.144 e. The second-order valence-corrected chi connectivity index (χ2v) is 5.00. The Morgan fingerprint density at radius 2 is 1.64 bits per heavy atom. The number of benzene rings is 2. The summed E-state index contributed by atoms with van der Waals surface area (Å²) in [4.78, 5) is 8.77. The number of phenolic OH excluding ortho intramolecular Hbond substituents is 1. The number of nitrogens with zero attached hydrogens (tertiary/aromatic N) is 2. The van der Waals surface area contributed by atoms with Crippen LogP contribution in [0.5, 0.6) is 5.75 Å². The molecule has 110 valence electrons. The van der Waals surface area contributed by atoms with Gasteiger partial charge in [0.05, 0.1) is 18.1 Å². The molecule has 2 N–H and O–H groups in total. The minimum Gasteiger partial charge on any atom is -0.508 e. The van der Waals surface area contributed by atoms with Crippen LogP contribution in [0.2, 0.25) is 0 Å². The molecule has 0 saturated carbocycles. The maximum absolute atomic E-state index is 9.29. The van der Waals surface area contributed by atoms with E-state index in [4.69, 9.17) is 0 Å². The Balaban J connectivity index is 1.58. The molecule has 4 heteroatoms. The highest BCUT2D eigenvalue weighted by molar-refractivity contribution is 5.59. The molecular formula is C18H17N3O. The third-order valence-corrected chi connectivity index (χ3v) is 3.38. The summed E-state index contributed by atoms with van der Waals surface area (Å²) in [5, 5.41) is 12.6. The summed E-state index contributed by atoms with van der Waals surface area (Å²) in [6.07, 6.45) is 4.41. The quantitative estimate of drug-likeness (QED) is 0.755. The molecule has 1 aromatic heterocycles. The fourth-order valence-electron chi connectivity index (χ4n) is 2.18. The summed E-state index contributed by atoms with van der Waals surface area (Å²) >= 11 is 0. The average Bonchev–Trinajstić information content (AvgIpc) is 2.57. The van der Waals surface area contributed by atoms with Gasteiger partial charge in [0, 0.05) is 12.1 Å². The van der Waals surface area contributed by atoms with Crippen molar-refractivity contribution < 1.29 is 5.11 Å². The molecule has 0 bridgehead atoms. The van der Waals surface area contributed by atoms with E-state index in [-0.39, 0.29) is 5.75 Å². The van der Waals surface area contributed by atoms with Crippen LogP contribution in [0, 0.1) is 0 Å². The van der Waals surface area contributed by atoms with Gasteiger partial charge in [-0.15, -0.1) is 0 Å². The molecule has 0 aliphatic heterocycles. The Morgan fingerprint density at radius 3 is 2.32 bits per heavy atom. The zero-order valence-electron chi connectivity index (χ0n) is 12.1. The molecule has 4 nitrogen and oxygen atoms in total. The highest BCUT2D eigenvalue weighted by Crippen LogP contribution is 2.19. The average molecular weight is 291 g/mol. The zero-order chi connectivity index (χ0) is 15.2. The Bertz CT molecular complexity index is 710. The van der Waals surface area contributed by atoms with Gasteiger partial charge in [-0.1, -0.05) is 30.3 Å². The van der Waals surface area contributed by atoms with E-state index >= 15 is 0 Å². The van der Waals surface area contributed by atoms with Gasteiger partial charge in [0.25, 0.3) is 0 Å². The number of hydrogen-bond acceptors (Lipinski definition) is 4. The van der Waals surface area contributed by atoms with E-state index in [0.717, 1.165) is 30.0 Å². The first-order chi connectivity index (χ1) is 10.8. The lowest BCUT2D eigenvalue weighted by Gasteiger charge is -2.06. The summed E-state index contributed by atoms with van der Waals surface area (Å²) in [7, 11) is 0. The van der Waals surface area contributed by atoms with Crippen LogP contribution in [0.15, 0.2) is 67.0 Å². The van der Waals surface area contributed by atoms with Crippen LogP contribution in [0.25, 0.3) is 11.3 Å². The second kappa shape index (κ2) is 6.72. The molecule has 0 saturated heterocycles. The van der Waals surface area contributed by atoms with Gasteiger partial charge < -0.3 is 10.4 Å². The van der Waals surface area contributed by atoms with Gasteiger partial charge in [-0.2, -0.15) is 0 Å². The van der Waals surface area contributed by atoms with E-state index in [9.17, 15) is 5.11 Å². The minimum atomic E-state index is 0.246. The Hall–Kier alpha value is -2.88. The van der Waals surface area contributed by atoms with E-state index in [2.05, 4.69) is 27.4 Å². The Morgan fingerprint density at radius 1 is 0.864 bits per heavy atom. The predicted molar refractivity (Wildman–Crippen MR) is 87.8 cm³/mol. The van der Waals surface area contributed by atoms with Crippen molar-refractivity contribution >= 4 is 5.82 Å². The van der Waals surface area contributed by atoms with Crippen molar-refractivity contribution in [1.82, 2.24) is 9.97 Å². The second-order valence-electron chi connectivity index (χ2n) is 5.00. The minimum absolute atomic E-state index is 0.246. The lowest BCUT2D eigenvalue weighted by Crippen LogP contribution is -2.06. The van der Waals surface area contributed by atoms with Crippen LogP contribution >= 0.6 is 0 Å². The molecule has 3 rings (SSSR count). The summed E-state index contributed by atoms with van der Waals surface area (Å²) in [6.45, 7) is 0.817. The molecular weight excluding hydrogens is 274 g/mol. The lowest BCUT2D eigenvalue weighted by atomic mass is 10.1. The van der Waals surface area contributed by atoms with E-state index in [1.807, 2.05) is 30.3 Å². The van der Waals surface area contributed by atoms with E-state index in [0.29, 0.717) is 0 Å². The van der Waals surface area contributed by atoms with Crippen LogP contribution in [-0.2, 0) is 6.42 Å². The summed E-state index contributed by atoms with van der Waals surface area (Å²) < 4.78 is 0. The van der Waals surface area contributed by atoms with Gasteiger partial charge in [0.1, 0.15) is 11.6 Å². The van der Waals surface area contributed by atoms with E-state index in [1.165, 1.54) is 5.56 Å². The number of anilines is 1. The van der Waals surface area contributed by atoms with Gasteiger partial charge in [0.2, 0.25) is 0 Å². The number of phenols is 1. The molecule has 0 fully saturated rings. The molecule has 1 heterocycles. The number of rotatable bonds is 5. The molecule has 0 atom stereocenters. The van der Waals surface area contributed by atoms with Crippen LogP contribution in [0.4, 0.5) is 5.82 Å². The number of hydrogen-bond donors (Lipinski definition) is 2. The van der Waals surface area contributed by atoms with Gasteiger partial charge >= 0.3 is 0 Å². The van der Waals surface area contributed by atoms with Crippen molar-refractivity contribution in [3.8, 4) is 17.0 Å². The van der Waals surface area contributed by atoms with Crippen LogP contribution in [0.1, 0.15) is 5.56 Å². The molecule has 0 spiro atoms. The molecule has 0 aliphatic rings. The van der Waals surface area contributed by atoms with Gasteiger partial charge in [-0.3, -0.25) is 4.98 Å². The largest absolute Gasteiger partial charge is 0.508 e. The molecule has 2 aromatic carbocycles. The summed E-state index contributed by atoms with van der Waals surface area (Å²) in [6, 6.07) is 17.3. The summed E-state index contributed by atoms with van der Waals surface area (Å²) in [5.41, 5.74) is 3.01. The lowest BCUT2D eigenvalue weighted by molar-refractivity contribution is 0.475. The van der Waals surface area contributed by atoms with Crippen molar-refractivity contribution in [2.24, 2.45) is 0 Å². The maximum atomic E-state index is 9.29. The third kappa shape index (κ3) is 3.61. The van der Waals surface area contributed by atoms with Crippen molar-refractivity contribution in [2.45, 2.75) is 6.42 Å². The van der Waals surface area contributed by atoms with E-state index < -0.39 is 0 Å². The van der Waals surface area contributed by atoms with Crippen LogP contribution < -0.4 is 5.32 Å². The molecule has 0 unspecified atom stereocenters. The number of aromatic hydroxyl groups is 1. The topological polar surface area (TPSA) is 58.0 Å². The standard InChI is InChI=1S/C18H17N3O/c22-16-8-6-15(7-9-16)17-12-21-18(13-20-17)19-11-10-14-4-2-1-3-5-14/h1-9,12-13,22H,10-11H2,(H,19,21). The predicted octanol–water partition coefficient (Wildman–Crippen LogP) is 3.50. The third-order valence-electron chi connectivity index (χ3n) is 3.38. The zero-order valence-corrected chi connectivity index (χ0v) is 12.1. The first kappa shape index (κ1) is 14.1. The van der Waals surface area contributed by atoms with Crippen LogP contribution in [-0.4, -0.2) is 21.6 Å². The first-order valence-corrected chi connectivity index (χ1v) is 7.20. The van der Waals surface area contributed by atoms with Crippen LogP contribution in [0.3, 0.4) is 0 Å². The highest BCUT2D eigenvalue weighted by atomic mass is 16.3. The monoisotopic (exact) mass is 291 g/mol. The van der Waals surface area contributed by atoms with E-state index in [1.54, 1.807) is 24.5 Å². The van der Waals surface area contributed by atoms with Crippen molar-refractivity contribution in [3.05, 3.63) is 72.6 Å². The summed E-state index contributed by atoms with van der Waals surface area (Å²) in [5.74, 6) is 1.01. The fraction of sp³-hybridized carbons (Fsp3) is 0.111. The first-order valence-electron chi connectivity index (χ1n) is 7.20. The number of nitrogens with one attached hydrogen (secondary N) is 1. The van der Waals surface area contributed by atoms with Crippen molar-refractivity contribution in [2.75, 3.05) is 11.9 Å². The highest BCUT2D eigenvalue weighted by Gasteiger charge is 2.01. The van der Waals surface area contributed by atoms with Crippen molar-refractivity contribution in [3.63, 3.8) is 0 Å². The number of aromatic nitrogens is 2. The molecule has 0 aliphatic carbocycles. The maximum Gasteiger partial charge on any atom is 0.144 e. The SMILES string of the molecule is Oc1ccc(-c2cnc(NCCc3ccccc3)cn2)cc1. The van der Waals surface area contributed by atoms with Gasteiger partial charge in [0.15, 0.2) is 0 Å². The van der Waals surface area contributed by atoms with Gasteiger partial charge in [-0.05, 0) is 36.2 Å². The fourth-order valence-corrected chi connectivity index (χ4v) is 2.18. The van der Waals surface area contributed by atoms with Gasteiger partial charge in [-0.25, -0.2) is 4.98 Å². The Labute approximate surface area is 129 Å².